The zero-order chi connectivity index (χ0) is 18.8. The van der Waals surface area contributed by atoms with Crippen molar-refractivity contribution >= 4 is 22.4 Å². The fraction of sp³-hybridized carbons (Fsp3) is 0.100. The first kappa shape index (κ1) is 16.7. The molecule has 0 aliphatic carbocycles. The summed E-state index contributed by atoms with van der Waals surface area (Å²) in [6, 6.07) is 18.3. The summed E-state index contributed by atoms with van der Waals surface area (Å²) in [5, 5.41) is 19.5. The minimum atomic E-state index is -0.404. The molecule has 27 heavy (non-hydrogen) atoms. The minimum absolute atomic E-state index is 0.0628. The van der Waals surface area contributed by atoms with Crippen LogP contribution >= 0.6 is 0 Å². The maximum atomic E-state index is 10.9. The Morgan fingerprint density at radius 2 is 1.93 bits per heavy atom. The molecule has 2 aromatic carbocycles. The SMILES string of the molecule is Cn1cc(CNc2ccc3cc([N+](=O)[O-])ccc3n2)c(-c2ccccc2)n1. The van der Waals surface area contributed by atoms with Gasteiger partial charge in [-0.05, 0) is 18.2 Å². The first-order valence-electron chi connectivity index (χ1n) is 8.47. The number of nitro benzene ring substituents is 1. The molecule has 0 atom stereocenters. The van der Waals surface area contributed by atoms with Crippen molar-refractivity contribution in [2.45, 2.75) is 6.54 Å². The molecule has 2 heterocycles. The van der Waals surface area contributed by atoms with Gasteiger partial charge < -0.3 is 5.32 Å². The second kappa shape index (κ2) is 6.87. The van der Waals surface area contributed by atoms with Gasteiger partial charge in [-0.1, -0.05) is 30.3 Å². The van der Waals surface area contributed by atoms with Crippen LogP contribution in [0.5, 0.6) is 0 Å². The predicted octanol–water partition coefficient (Wildman–Crippen LogP) is 4.16. The lowest BCUT2D eigenvalue weighted by molar-refractivity contribution is -0.384. The lowest BCUT2D eigenvalue weighted by Crippen LogP contribution is -2.02. The molecule has 134 valence electrons. The number of nitrogens with zero attached hydrogens (tertiary/aromatic N) is 4. The molecule has 0 amide bonds. The summed E-state index contributed by atoms with van der Waals surface area (Å²) in [5.41, 5.74) is 3.83. The zero-order valence-corrected chi connectivity index (χ0v) is 14.7. The van der Waals surface area contributed by atoms with Crippen LogP contribution in [0.15, 0.2) is 66.9 Å². The van der Waals surface area contributed by atoms with Crippen molar-refractivity contribution in [2.75, 3.05) is 5.32 Å². The van der Waals surface area contributed by atoms with E-state index in [4.69, 9.17) is 0 Å². The number of anilines is 1. The Morgan fingerprint density at radius 1 is 1.11 bits per heavy atom. The van der Waals surface area contributed by atoms with E-state index in [0.717, 1.165) is 22.2 Å². The Labute approximate surface area is 155 Å². The highest BCUT2D eigenvalue weighted by Crippen LogP contribution is 2.24. The molecule has 0 saturated heterocycles. The van der Waals surface area contributed by atoms with Crippen molar-refractivity contribution in [3.8, 4) is 11.3 Å². The molecular weight excluding hydrogens is 342 g/mol. The largest absolute Gasteiger partial charge is 0.366 e. The molecule has 0 aliphatic heterocycles. The summed E-state index contributed by atoms with van der Waals surface area (Å²) < 4.78 is 1.80. The van der Waals surface area contributed by atoms with E-state index in [1.165, 1.54) is 12.1 Å². The van der Waals surface area contributed by atoms with E-state index in [9.17, 15) is 10.1 Å². The van der Waals surface area contributed by atoms with Crippen LogP contribution in [0.25, 0.3) is 22.2 Å². The third-order valence-electron chi connectivity index (χ3n) is 4.30. The number of rotatable bonds is 5. The van der Waals surface area contributed by atoms with Crippen LogP contribution in [0.3, 0.4) is 0 Å². The smallest absolute Gasteiger partial charge is 0.270 e. The van der Waals surface area contributed by atoms with Gasteiger partial charge >= 0.3 is 0 Å². The number of nitro groups is 1. The van der Waals surface area contributed by atoms with Gasteiger partial charge in [0, 0.05) is 48.4 Å². The molecule has 0 saturated carbocycles. The maximum Gasteiger partial charge on any atom is 0.270 e. The van der Waals surface area contributed by atoms with E-state index < -0.39 is 4.92 Å². The molecule has 0 fully saturated rings. The Balaban J connectivity index is 1.57. The Hall–Kier alpha value is -3.74. The van der Waals surface area contributed by atoms with Gasteiger partial charge in [0.15, 0.2) is 0 Å². The first-order chi connectivity index (χ1) is 13.1. The van der Waals surface area contributed by atoms with Gasteiger partial charge in [-0.3, -0.25) is 14.8 Å². The second-order valence-electron chi connectivity index (χ2n) is 6.23. The fourth-order valence-electron chi connectivity index (χ4n) is 3.02. The van der Waals surface area contributed by atoms with E-state index in [-0.39, 0.29) is 5.69 Å². The van der Waals surface area contributed by atoms with Crippen LogP contribution in [0, 0.1) is 10.1 Å². The Kier molecular flexibility index (Phi) is 4.25. The molecule has 0 radical (unpaired) electrons. The van der Waals surface area contributed by atoms with Crippen molar-refractivity contribution in [3.05, 3.63) is 82.5 Å². The quantitative estimate of drug-likeness (QED) is 0.427. The molecule has 1 N–H and O–H groups in total. The molecular formula is C20H17N5O2. The van der Waals surface area contributed by atoms with Crippen molar-refractivity contribution in [2.24, 2.45) is 7.05 Å². The van der Waals surface area contributed by atoms with Crippen LogP contribution in [0.1, 0.15) is 5.56 Å². The predicted molar refractivity (Wildman–Crippen MR) is 104 cm³/mol. The van der Waals surface area contributed by atoms with Crippen molar-refractivity contribution in [3.63, 3.8) is 0 Å². The number of aromatic nitrogens is 3. The second-order valence-corrected chi connectivity index (χ2v) is 6.23. The van der Waals surface area contributed by atoms with E-state index in [1.54, 1.807) is 10.7 Å². The standard InChI is InChI=1S/C20H17N5O2/c1-24-13-16(20(23-24)14-5-3-2-4-6-14)12-21-19-10-7-15-11-17(25(26)27)8-9-18(15)22-19/h2-11,13H,12H2,1H3,(H,21,22). The van der Waals surface area contributed by atoms with Crippen LogP contribution in [-0.4, -0.2) is 19.7 Å². The molecule has 7 nitrogen and oxygen atoms in total. The van der Waals surface area contributed by atoms with Crippen molar-refractivity contribution < 1.29 is 4.92 Å². The van der Waals surface area contributed by atoms with Crippen LogP contribution in [-0.2, 0) is 13.6 Å². The van der Waals surface area contributed by atoms with Gasteiger partial charge in [0.1, 0.15) is 5.82 Å². The van der Waals surface area contributed by atoms with Crippen molar-refractivity contribution in [1.82, 2.24) is 14.8 Å². The lowest BCUT2D eigenvalue weighted by Gasteiger charge is -2.07. The molecule has 2 aromatic heterocycles. The van der Waals surface area contributed by atoms with E-state index in [0.29, 0.717) is 17.9 Å². The summed E-state index contributed by atoms with van der Waals surface area (Å²) in [7, 11) is 1.90. The Bertz CT molecular complexity index is 1120. The monoisotopic (exact) mass is 359 g/mol. The average Bonchev–Trinajstić information content (AvgIpc) is 3.07. The Morgan fingerprint density at radius 3 is 2.70 bits per heavy atom. The molecule has 0 unspecified atom stereocenters. The summed E-state index contributed by atoms with van der Waals surface area (Å²) in [6.07, 6.45) is 1.99. The highest BCUT2D eigenvalue weighted by Gasteiger charge is 2.11. The molecule has 0 aliphatic rings. The summed E-state index contributed by atoms with van der Waals surface area (Å²) in [5.74, 6) is 0.708. The molecule has 4 aromatic rings. The molecule has 4 rings (SSSR count). The lowest BCUT2D eigenvalue weighted by atomic mass is 10.1. The van der Waals surface area contributed by atoms with Gasteiger partial charge in [-0.15, -0.1) is 0 Å². The topological polar surface area (TPSA) is 85.9 Å². The maximum absolute atomic E-state index is 10.9. The molecule has 7 heteroatoms. The van der Waals surface area contributed by atoms with Gasteiger partial charge in [0.25, 0.3) is 5.69 Å². The molecule has 0 bridgehead atoms. The number of non-ortho nitro benzene ring substituents is 1. The van der Waals surface area contributed by atoms with Gasteiger partial charge in [0.05, 0.1) is 16.1 Å². The number of benzene rings is 2. The zero-order valence-electron chi connectivity index (χ0n) is 14.7. The number of hydrogen-bond donors (Lipinski definition) is 1. The van der Waals surface area contributed by atoms with Crippen LogP contribution in [0.2, 0.25) is 0 Å². The third-order valence-corrected chi connectivity index (χ3v) is 4.30. The van der Waals surface area contributed by atoms with E-state index in [1.807, 2.05) is 55.7 Å². The summed E-state index contributed by atoms with van der Waals surface area (Å²) in [4.78, 5) is 15.0. The summed E-state index contributed by atoms with van der Waals surface area (Å²) in [6.45, 7) is 0.573. The van der Waals surface area contributed by atoms with E-state index >= 15 is 0 Å². The molecule has 0 spiro atoms. The number of aryl methyl sites for hydroxylation is 1. The van der Waals surface area contributed by atoms with E-state index in [2.05, 4.69) is 15.4 Å². The minimum Gasteiger partial charge on any atom is -0.366 e. The van der Waals surface area contributed by atoms with Crippen LogP contribution < -0.4 is 5.32 Å². The average molecular weight is 359 g/mol. The number of hydrogen-bond acceptors (Lipinski definition) is 5. The number of nitrogens with one attached hydrogen (secondary N) is 1. The highest BCUT2D eigenvalue weighted by molar-refractivity contribution is 5.82. The first-order valence-corrected chi connectivity index (χ1v) is 8.47. The van der Waals surface area contributed by atoms with Gasteiger partial charge in [-0.2, -0.15) is 5.10 Å². The van der Waals surface area contributed by atoms with Crippen molar-refractivity contribution in [1.29, 1.82) is 0 Å². The fourth-order valence-corrected chi connectivity index (χ4v) is 3.02. The highest BCUT2D eigenvalue weighted by atomic mass is 16.6. The van der Waals surface area contributed by atoms with Gasteiger partial charge in [0.2, 0.25) is 0 Å². The van der Waals surface area contributed by atoms with Gasteiger partial charge in [-0.25, -0.2) is 4.98 Å². The normalized spacial score (nSPS) is 10.9. The summed E-state index contributed by atoms with van der Waals surface area (Å²) >= 11 is 0. The third kappa shape index (κ3) is 3.48. The van der Waals surface area contributed by atoms with Crippen LogP contribution in [0.4, 0.5) is 11.5 Å². The number of fused-ring (bicyclic) bond motifs is 1. The number of pyridine rings is 1.